The third kappa shape index (κ3) is 3.86. The number of methoxy groups -OCH3 is 1. The van der Waals surface area contributed by atoms with Gasteiger partial charge in [-0.25, -0.2) is 0 Å². The van der Waals surface area contributed by atoms with Crippen LogP contribution in [0.25, 0.3) is 0 Å². The van der Waals surface area contributed by atoms with Crippen LogP contribution in [0.4, 0.5) is 11.4 Å². The lowest BCUT2D eigenvalue weighted by molar-refractivity contribution is -0.116. The molecular formula is C26H23BrN2O2. The van der Waals surface area contributed by atoms with Gasteiger partial charge in [0.1, 0.15) is 5.75 Å². The zero-order valence-electron chi connectivity index (χ0n) is 17.2. The fourth-order valence-corrected chi connectivity index (χ4v) is 4.79. The van der Waals surface area contributed by atoms with E-state index in [-0.39, 0.29) is 17.7 Å². The molecule has 0 saturated heterocycles. The van der Waals surface area contributed by atoms with Gasteiger partial charge in [0, 0.05) is 22.2 Å². The highest BCUT2D eigenvalue weighted by molar-refractivity contribution is 9.10. The van der Waals surface area contributed by atoms with Crippen molar-refractivity contribution in [3.63, 3.8) is 0 Å². The second-order valence-corrected chi connectivity index (χ2v) is 8.91. The van der Waals surface area contributed by atoms with Gasteiger partial charge in [0.05, 0.1) is 24.5 Å². The molecule has 2 atom stereocenters. The van der Waals surface area contributed by atoms with Crippen molar-refractivity contribution in [2.75, 3.05) is 17.7 Å². The minimum atomic E-state index is -0.196. The molecule has 5 rings (SSSR count). The Balaban J connectivity index is 1.59. The summed E-state index contributed by atoms with van der Waals surface area (Å²) in [6.45, 7) is 0. The predicted octanol–water partition coefficient (Wildman–Crippen LogP) is 6.44. The molecule has 1 aliphatic carbocycles. The van der Waals surface area contributed by atoms with Gasteiger partial charge in [-0.15, -0.1) is 0 Å². The first-order chi connectivity index (χ1) is 15.1. The van der Waals surface area contributed by atoms with Crippen LogP contribution in [0.15, 0.2) is 88.5 Å². The number of ether oxygens (including phenoxy) is 1. The Hall–Kier alpha value is -3.05. The molecule has 2 aliphatic rings. The molecule has 3 aromatic carbocycles. The van der Waals surface area contributed by atoms with Gasteiger partial charge in [-0.1, -0.05) is 52.3 Å². The molecule has 4 nitrogen and oxygen atoms in total. The minimum absolute atomic E-state index is 0.115. The van der Waals surface area contributed by atoms with Crippen LogP contribution in [0, 0.1) is 0 Å². The van der Waals surface area contributed by atoms with E-state index >= 15 is 0 Å². The predicted molar refractivity (Wildman–Crippen MR) is 128 cm³/mol. The van der Waals surface area contributed by atoms with Gasteiger partial charge < -0.3 is 15.4 Å². The molecule has 2 N–H and O–H groups in total. The smallest absolute Gasteiger partial charge is 0.163 e. The van der Waals surface area contributed by atoms with Crippen molar-refractivity contribution >= 4 is 33.1 Å². The summed E-state index contributed by atoms with van der Waals surface area (Å²) in [7, 11) is 1.67. The Kier molecular flexibility index (Phi) is 5.28. The first kappa shape index (κ1) is 19.9. The van der Waals surface area contributed by atoms with E-state index in [1.54, 1.807) is 7.11 Å². The standard InChI is InChI=1S/C26H23BrN2O2/c1-31-20-6-4-5-17(13-20)18-14-23-25(24(30)15-18)26(16-9-11-19(27)12-10-16)29-22-8-3-2-7-21(22)28-23/h2-13,18,26,28-29H,14-15H2,1H3. The van der Waals surface area contributed by atoms with E-state index in [0.717, 1.165) is 50.4 Å². The summed E-state index contributed by atoms with van der Waals surface area (Å²) in [5.74, 6) is 1.11. The fourth-order valence-electron chi connectivity index (χ4n) is 4.53. The molecule has 0 saturated carbocycles. The maximum Gasteiger partial charge on any atom is 0.163 e. The van der Waals surface area contributed by atoms with Crippen LogP contribution < -0.4 is 15.4 Å². The van der Waals surface area contributed by atoms with Crippen LogP contribution in [-0.2, 0) is 4.79 Å². The van der Waals surface area contributed by atoms with Crippen molar-refractivity contribution in [3.8, 4) is 5.75 Å². The molecule has 0 aromatic heterocycles. The summed E-state index contributed by atoms with van der Waals surface area (Å²) in [5.41, 5.74) is 6.02. The van der Waals surface area contributed by atoms with Gasteiger partial charge in [0.15, 0.2) is 5.78 Å². The zero-order valence-corrected chi connectivity index (χ0v) is 18.8. The molecule has 0 spiro atoms. The summed E-state index contributed by atoms with van der Waals surface area (Å²) in [6, 6.07) is 24.2. The maximum atomic E-state index is 13.5. The fraction of sp³-hybridized carbons (Fsp3) is 0.192. The Morgan fingerprint density at radius 2 is 1.68 bits per heavy atom. The third-order valence-electron chi connectivity index (χ3n) is 6.08. The molecule has 1 aliphatic heterocycles. The average Bonchev–Trinajstić information content (AvgIpc) is 2.96. The molecule has 1 heterocycles. The van der Waals surface area contributed by atoms with E-state index in [4.69, 9.17) is 4.74 Å². The van der Waals surface area contributed by atoms with Crippen molar-refractivity contribution in [3.05, 3.63) is 99.7 Å². The SMILES string of the molecule is COc1cccc(C2CC(=O)C3=C(C2)Nc2ccccc2NC3c2ccc(Br)cc2)c1. The Morgan fingerprint density at radius 1 is 0.903 bits per heavy atom. The monoisotopic (exact) mass is 474 g/mol. The number of benzene rings is 3. The lowest BCUT2D eigenvalue weighted by Gasteiger charge is -2.30. The number of Topliss-reactive ketones (excluding diaryl/α,β-unsaturated/α-hetero) is 1. The number of ketones is 1. The number of para-hydroxylation sites is 2. The van der Waals surface area contributed by atoms with Crippen molar-refractivity contribution in [1.29, 1.82) is 0 Å². The van der Waals surface area contributed by atoms with E-state index in [2.05, 4.69) is 56.9 Å². The molecule has 3 aromatic rings. The highest BCUT2D eigenvalue weighted by atomic mass is 79.9. The largest absolute Gasteiger partial charge is 0.497 e. The van der Waals surface area contributed by atoms with Crippen LogP contribution in [0.5, 0.6) is 5.75 Å². The number of carbonyl (C=O) groups excluding carboxylic acids is 1. The second-order valence-electron chi connectivity index (χ2n) is 8.00. The van der Waals surface area contributed by atoms with Crippen molar-refractivity contribution in [2.24, 2.45) is 0 Å². The van der Waals surface area contributed by atoms with Crippen LogP contribution >= 0.6 is 15.9 Å². The van der Waals surface area contributed by atoms with Gasteiger partial charge in [-0.3, -0.25) is 4.79 Å². The molecule has 5 heteroatoms. The highest BCUT2D eigenvalue weighted by Crippen LogP contribution is 2.44. The van der Waals surface area contributed by atoms with Gasteiger partial charge in [-0.2, -0.15) is 0 Å². The summed E-state index contributed by atoms with van der Waals surface area (Å²) < 4.78 is 6.42. The Bertz CT molecular complexity index is 1170. The summed E-state index contributed by atoms with van der Waals surface area (Å²) in [5, 5.41) is 7.21. The number of hydrogen-bond donors (Lipinski definition) is 2. The quantitative estimate of drug-likeness (QED) is 0.458. The normalized spacial score (nSPS) is 20.1. The number of anilines is 2. The van der Waals surface area contributed by atoms with E-state index in [9.17, 15) is 4.79 Å². The minimum Gasteiger partial charge on any atom is -0.497 e. The van der Waals surface area contributed by atoms with Crippen LogP contribution in [0.3, 0.4) is 0 Å². The molecule has 0 bridgehead atoms. The van der Waals surface area contributed by atoms with E-state index < -0.39 is 0 Å². The van der Waals surface area contributed by atoms with Crippen molar-refractivity contribution in [2.45, 2.75) is 24.8 Å². The van der Waals surface area contributed by atoms with Crippen LogP contribution in [0.2, 0.25) is 0 Å². The van der Waals surface area contributed by atoms with Gasteiger partial charge >= 0.3 is 0 Å². The van der Waals surface area contributed by atoms with Gasteiger partial charge in [-0.05, 0) is 59.9 Å². The summed E-state index contributed by atoms with van der Waals surface area (Å²) >= 11 is 3.51. The lowest BCUT2D eigenvalue weighted by atomic mass is 9.78. The molecule has 0 radical (unpaired) electrons. The lowest BCUT2D eigenvalue weighted by Crippen LogP contribution is -2.26. The molecule has 156 valence electrons. The van der Waals surface area contributed by atoms with Gasteiger partial charge in [0.2, 0.25) is 0 Å². The maximum absolute atomic E-state index is 13.5. The molecular weight excluding hydrogens is 452 g/mol. The second kappa shape index (κ2) is 8.23. The number of nitrogens with one attached hydrogen (secondary N) is 2. The molecule has 0 fully saturated rings. The van der Waals surface area contributed by atoms with Crippen LogP contribution in [-0.4, -0.2) is 12.9 Å². The average molecular weight is 475 g/mol. The molecule has 31 heavy (non-hydrogen) atoms. The number of allylic oxidation sites excluding steroid dienone is 1. The first-order valence-electron chi connectivity index (χ1n) is 10.4. The topological polar surface area (TPSA) is 50.4 Å². The van der Waals surface area contributed by atoms with Crippen molar-refractivity contribution < 1.29 is 9.53 Å². The highest BCUT2D eigenvalue weighted by Gasteiger charge is 2.36. The van der Waals surface area contributed by atoms with Gasteiger partial charge in [0.25, 0.3) is 0 Å². The number of carbonyl (C=O) groups is 1. The van der Waals surface area contributed by atoms with E-state index in [1.165, 1.54) is 0 Å². The molecule has 2 unspecified atom stereocenters. The third-order valence-corrected chi connectivity index (χ3v) is 6.61. The van der Waals surface area contributed by atoms with E-state index in [1.807, 2.05) is 42.5 Å². The Labute approximate surface area is 190 Å². The summed E-state index contributed by atoms with van der Waals surface area (Å²) in [4.78, 5) is 13.5. The summed E-state index contributed by atoms with van der Waals surface area (Å²) in [6.07, 6.45) is 1.26. The van der Waals surface area contributed by atoms with Crippen LogP contribution in [0.1, 0.15) is 35.9 Å². The Morgan fingerprint density at radius 3 is 2.45 bits per heavy atom. The number of halogens is 1. The van der Waals surface area contributed by atoms with Crippen molar-refractivity contribution in [1.82, 2.24) is 0 Å². The number of fused-ring (bicyclic) bond motifs is 1. The molecule has 0 amide bonds. The van der Waals surface area contributed by atoms with E-state index in [0.29, 0.717) is 6.42 Å². The first-order valence-corrected chi connectivity index (χ1v) is 11.2. The number of rotatable bonds is 3. The number of hydrogen-bond acceptors (Lipinski definition) is 4. The zero-order chi connectivity index (χ0) is 21.4.